The predicted molar refractivity (Wildman–Crippen MR) is 87.6 cm³/mol. The highest BCUT2D eigenvalue weighted by molar-refractivity contribution is 5.46. The number of hydrogen-bond acceptors (Lipinski definition) is 2. The molecule has 0 amide bonds. The molecule has 114 valence electrons. The molecule has 22 heavy (non-hydrogen) atoms. The summed E-state index contributed by atoms with van der Waals surface area (Å²) in [6, 6.07) is 15.1. The summed E-state index contributed by atoms with van der Waals surface area (Å²) in [5.41, 5.74) is 3.95. The van der Waals surface area contributed by atoms with Gasteiger partial charge >= 0.3 is 0 Å². The van der Waals surface area contributed by atoms with Gasteiger partial charge in [-0.3, -0.25) is 0 Å². The number of aryl methyl sites for hydroxylation is 1. The van der Waals surface area contributed by atoms with E-state index >= 15 is 0 Å². The van der Waals surface area contributed by atoms with Crippen molar-refractivity contribution in [2.24, 2.45) is 5.92 Å². The fraction of sp³-hybridized carbons (Fsp3) is 0.400. The second kappa shape index (κ2) is 5.35. The first-order valence-electron chi connectivity index (χ1n) is 8.17. The fourth-order valence-electron chi connectivity index (χ4n) is 4.08. The number of benzene rings is 2. The lowest BCUT2D eigenvalue weighted by atomic mass is 9.80. The molecule has 1 fully saturated rings. The molecule has 4 rings (SSSR count). The molecule has 1 aliphatic carbocycles. The average Bonchev–Trinajstić information content (AvgIpc) is 3.04. The Labute approximate surface area is 132 Å². The van der Waals surface area contributed by atoms with Crippen LogP contribution in [-0.2, 0) is 0 Å². The lowest BCUT2D eigenvalue weighted by molar-refractivity contribution is 0.104. The van der Waals surface area contributed by atoms with Gasteiger partial charge in [0.2, 0.25) is 0 Å². The van der Waals surface area contributed by atoms with Crippen molar-refractivity contribution in [3.63, 3.8) is 0 Å². The van der Waals surface area contributed by atoms with Crippen LogP contribution in [0.5, 0.6) is 11.5 Å². The molecule has 0 saturated heterocycles. The van der Waals surface area contributed by atoms with Crippen molar-refractivity contribution < 1.29 is 9.47 Å². The normalized spacial score (nSPS) is 26.0. The van der Waals surface area contributed by atoms with E-state index in [4.69, 9.17) is 9.47 Å². The molecule has 1 saturated carbocycles. The minimum absolute atomic E-state index is 0.189. The quantitative estimate of drug-likeness (QED) is 0.774. The highest BCUT2D eigenvalue weighted by Crippen LogP contribution is 2.54. The van der Waals surface area contributed by atoms with E-state index < -0.39 is 0 Å². The second-order valence-electron chi connectivity index (χ2n) is 6.55. The van der Waals surface area contributed by atoms with Crippen LogP contribution >= 0.6 is 0 Å². The van der Waals surface area contributed by atoms with E-state index in [1.807, 2.05) is 6.07 Å². The van der Waals surface area contributed by atoms with E-state index in [9.17, 15) is 0 Å². The molecule has 1 heterocycles. The molecule has 2 heteroatoms. The maximum atomic E-state index is 6.42. The van der Waals surface area contributed by atoms with Crippen LogP contribution in [0.25, 0.3) is 0 Å². The number of fused-ring (bicyclic) bond motifs is 3. The van der Waals surface area contributed by atoms with Gasteiger partial charge in [0.05, 0.1) is 7.11 Å². The molecule has 0 bridgehead atoms. The summed E-state index contributed by atoms with van der Waals surface area (Å²) in [7, 11) is 1.73. The SMILES string of the molecule is COc1ccc2c(c1)[C@H]1CCC[C@H]1[C@@H](c1ccc(C)cc1)O2. The fourth-order valence-corrected chi connectivity index (χ4v) is 4.08. The van der Waals surface area contributed by atoms with Crippen LogP contribution in [0.1, 0.15) is 48.0 Å². The van der Waals surface area contributed by atoms with Crippen LogP contribution in [0.2, 0.25) is 0 Å². The van der Waals surface area contributed by atoms with Crippen LogP contribution in [0.3, 0.4) is 0 Å². The molecule has 1 aliphatic heterocycles. The van der Waals surface area contributed by atoms with Gasteiger partial charge in [-0.05, 0) is 49.4 Å². The molecular weight excluding hydrogens is 272 g/mol. The Hall–Kier alpha value is -1.96. The summed E-state index contributed by atoms with van der Waals surface area (Å²) in [4.78, 5) is 0. The van der Waals surface area contributed by atoms with E-state index in [1.165, 1.54) is 36.0 Å². The molecule has 0 spiro atoms. The van der Waals surface area contributed by atoms with E-state index in [2.05, 4.69) is 43.3 Å². The maximum Gasteiger partial charge on any atom is 0.127 e. The van der Waals surface area contributed by atoms with Crippen molar-refractivity contribution in [2.45, 2.75) is 38.2 Å². The Balaban J connectivity index is 1.75. The zero-order valence-corrected chi connectivity index (χ0v) is 13.2. The van der Waals surface area contributed by atoms with Gasteiger partial charge in [-0.2, -0.15) is 0 Å². The van der Waals surface area contributed by atoms with Crippen LogP contribution in [0.4, 0.5) is 0 Å². The lowest BCUT2D eigenvalue weighted by Crippen LogP contribution is -2.26. The van der Waals surface area contributed by atoms with Crippen LogP contribution in [0, 0.1) is 12.8 Å². The van der Waals surface area contributed by atoms with Gasteiger partial charge in [0.1, 0.15) is 17.6 Å². The summed E-state index contributed by atoms with van der Waals surface area (Å²) in [5.74, 6) is 3.16. The first-order valence-corrected chi connectivity index (χ1v) is 8.17. The number of methoxy groups -OCH3 is 1. The van der Waals surface area contributed by atoms with Crippen molar-refractivity contribution in [1.82, 2.24) is 0 Å². The maximum absolute atomic E-state index is 6.42. The zero-order chi connectivity index (χ0) is 15.1. The molecule has 0 aromatic heterocycles. The first kappa shape index (κ1) is 13.7. The summed E-state index contributed by atoms with van der Waals surface area (Å²) in [6.07, 6.45) is 3.99. The highest BCUT2D eigenvalue weighted by Gasteiger charge is 2.41. The molecule has 0 radical (unpaired) electrons. The highest BCUT2D eigenvalue weighted by atomic mass is 16.5. The van der Waals surface area contributed by atoms with Crippen LogP contribution in [-0.4, -0.2) is 7.11 Å². The molecule has 2 aromatic carbocycles. The third kappa shape index (κ3) is 2.18. The van der Waals surface area contributed by atoms with Gasteiger partial charge in [-0.1, -0.05) is 36.2 Å². The largest absolute Gasteiger partial charge is 0.497 e. The Morgan fingerprint density at radius 3 is 2.64 bits per heavy atom. The van der Waals surface area contributed by atoms with Crippen molar-refractivity contribution >= 4 is 0 Å². The summed E-state index contributed by atoms with van der Waals surface area (Å²) in [6.45, 7) is 2.13. The van der Waals surface area contributed by atoms with Gasteiger partial charge in [-0.15, -0.1) is 0 Å². The van der Waals surface area contributed by atoms with E-state index in [1.54, 1.807) is 7.11 Å². The zero-order valence-electron chi connectivity index (χ0n) is 13.2. The standard InChI is InChI=1S/C20H22O2/c1-13-6-8-14(9-7-13)20-17-5-3-4-16(17)18-12-15(21-2)10-11-19(18)22-20/h6-12,16-17,20H,3-5H2,1-2H3/t16-,17+,20+/m0/s1. The lowest BCUT2D eigenvalue weighted by Gasteiger charge is -2.36. The van der Waals surface area contributed by atoms with Crippen LogP contribution < -0.4 is 9.47 Å². The third-order valence-electron chi connectivity index (χ3n) is 5.23. The molecular formula is C20H22O2. The Morgan fingerprint density at radius 1 is 1.05 bits per heavy atom. The van der Waals surface area contributed by atoms with E-state index in [-0.39, 0.29) is 6.10 Å². The smallest absolute Gasteiger partial charge is 0.127 e. The van der Waals surface area contributed by atoms with Gasteiger partial charge in [-0.25, -0.2) is 0 Å². The molecule has 0 unspecified atom stereocenters. The topological polar surface area (TPSA) is 18.5 Å². The van der Waals surface area contributed by atoms with Gasteiger partial charge in [0.25, 0.3) is 0 Å². The Kier molecular flexibility index (Phi) is 3.33. The minimum atomic E-state index is 0.189. The van der Waals surface area contributed by atoms with Gasteiger partial charge < -0.3 is 9.47 Å². The van der Waals surface area contributed by atoms with Crippen LogP contribution in [0.15, 0.2) is 42.5 Å². The second-order valence-corrected chi connectivity index (χ2v) is 6.55. The van der Waals surface area contributed by atoms with E-state index in [0.717, 1.165) is 11.5 Å². The molecule has 3 atom stereocenters. The van der Waals surface area contributed by atoms with Crippen molar-refractivity contribution in [3.05, 3.63) is 59.2 Å². The Morgan fingerprint density at radius 2 is 1.86 bits per heavy atom. The molecule has 2 aromatic rings. The van der Waals surface area contributed by atoms with Gasteiger partial charge in [0, 0.05) is 11.5 Å². The third-order valence-corrected chi connectivity index (χ3v) is 5.23. The summed E-state index contributed by atoms with van der Waals surface area (Å²) in [5, 5.41) is 0. The number of rotatable bonds is 2. The number of ether oxygens (including phenoxy) is 2. The molecule has 2 nitrogen and oxygen atoms in total. The summed E-state index contributed by atoms with van der Waals surface area (Å²) >= 11 is 0. The van der Waals surface area contributed by atoms with Crippen molar-refractivity contribution in [2.75, 3.05) is 7.11 Å². The predicted octanol–water partition coefficient (Wildman–Crippen LogP) is 5.02. The van der Waals surface area contributed by atoms with Crippen molar-refractivity contribution in [1.29, 1.82) is 0 Å². The number of hydrogen-bond donors (Lipinski definition) is 0. The molecule has 2 aliphatic rings. The van der Waals surface area contributed by atoms with Gasteiger partial charge in [0.15, 0.2) is 0 Å². The monoisotopic (exact) mass is 294 g/mol. The average molecular weight is 294 g/mol. The summed E-state index contributed by atoms with van der Waals surface area (Å²) < 4.78 is 11.8. The van der Waals surface area contributed by atoms with Crippen molar-refractivity contribution in [3.8, 4) is 11.5 Å². The molecule has 0 N–H and O–H groups in total. The minimum Gasteiger partial charge on any atom is -0.497 e. The first-order chi connectivity index (χ1) is 10.8. The van der Waals surface area contributed by atoms with E-state index in [0.29, 0.717) is 11.8 Å². The Bertz CT molecular complexity index is 675.